The van der Waals surface area contributed by atoms with Crippen LogP contribution in [0.1, 0.15) is 10.5 Å². The predicted octanol–water partition coefficient (Wildman–Crippen LogP) is -0.910. The Labute approximate surface area is 116 Å². The monoisotopic (exact) mass is 301 g/mol. The van der Waals surface area contributed by atoms with Crippen molar-refractivity contribution in [3.8, 4) is 0 Å². The largest absolute Gasteiger partial charge is 0.481 e. The van der Waals surface area contributed by atoms with Crippen LogP contribution in [-0.4, -0.2) is 54.4 Å². The van der Waals surface area contributed by atoms with Gasteiger partial charge in [0.2, 0.25) is 10.0 Å². The molecular weight excluding hydrogens is 286 g/mol. The summed E-state index contributed by atoms with van der Waals surface area (Å²) in [6.07, 6.45) is 1.34. The van der Waals surface area contributed by atoms with Crippen LogP contribution in [0.15, 0.2) is 17.2 Å². The van der Waals surface area contributed by atoms with Gasteiger partial charge in [0.05, 0.1) is 5.92 Å². The first-order chi connectivity index (χ1) is 9.27. The quantitative estimate of drug-likeness (QED) is 0.748. The number of aromatic nitrogens is 1. The number of hydrogen-bond donors (Lipinski definition) is 2. The van der Waals surface area contributed by atoms with Crippen molar-refractivity contribution in [2.45, 2.75) is 4.90 Å². The van der Waals surface area contributed by atoms with Crippen molar-refractivity contribution in [1.29, 1.82) is 0 Å². The molecular formula is C11H15N3O5S. The van der Waals surface area contributed by atoms with Gasteiger partial charge in [-0.15, -0.1) is 0 Å². The second-order valence-electron chi connectivity index (χ2n) is 4.61. The Kier molecular flexibility index (Phi) is 3.57. The van der Waals surface area contributed by atoms with Gasteiger partial charge in [0.15, 0.2) is 0 Å². The van der Waals surface area contributed by atoms with Crippen molar-refractivity contribution in [3.05, 3.63) is 18.0 Å². The smallest absolute Gasteiger partial charge is 0.309 e. The molecule has 1 amide bonds. The molecule has 0 aliphatic carbocycles. The molecule has 2 heterocycles. The highest BCUT2D eigenvalue weighted by atomic mass is 32.2. The predicted molar refractivity (Wildman–Crippen MR) is 68.7 cm³/mol. The minimum absolute atomic E-state index is 0.0116. The van der Waals surface area contributed by atoms with Crippen LogP contribution >= 0.6 is 0 Å². The maximum atomic E-state index is 12.2. The van der Waals surface area contributed by atoms with Crippen molar-refractivity contribution >= 4 is 21.9 Å². The summed E-state index contributed by atoms with van der Waals surface area (Å²) in [5.74, 6) is -2.05. The molecule has 0 atom stereocenters. The summed E-state index contributed by atoms with van der Waals surface area (Å²) in [6, 6.07) is 1.28. The normalized spacial score (nSPS) is 16.7. The van der Waals surface area contributed by atoms with E-state index in [-0.39, 0.29) is 29.6 Å². The molecule has 1 aliphatic rings. The Bertz CT molecular complexity index is 658. The molecule has 8 nitrogen and oxygen atoms in total. The summed E-state index contributed by atoms with van der Waals surface area (Å²) in [5.41, 5.74) is 0.224. The molecule has 2 N–H and O–H groups in total. The average molecular weight is 301 g/mol. The Morgan fingerprint density at radius 1 is 1.40 bits per heavy atom. The van der Waals surface area contributed by atoms with Gasteiger partial charge in [0.1, 0.15) is 10.6 Å². The van der Waals surface area contributed by atoms with Gasteiger partial charge in [-0.2, -0.15) is 4.31 Å². The van der Waals surface area contributed by atoms with Crippen LogP contribution in [0.5, 0.6) is 0 Å². The fourth-order valence-electron chi connectivity index (χ4n) is 1.97. The highest BCUT2D eigenvalue weighted by Gasteiger charge is 2.41. The van der Waals surface area contributed by atoms with Gasteiger partial charge in [-0.3, -0.25) is 9.59 Å². The molecule has 1 aliphatic heterocycles. The maximum absolute atomic E-state index is 12.2. The van der Waals surface area contributed by atoms with Crippen molar-refractivity contribution in [1.82, 2.24) is 14.2 Å². The number of aryl methyl sites for hydroxylation is 1. The number of carboxylic acids is 1. The SMILES string of the molecule is CNC(=O)c1cc(S(=O)(=O)N2CC(C(=O)O)C2)cn1C. The number of nitrogens with one attached hydrogen (secondary N) is 1. The van der Waals surface area contributed by atoms with Crippen molar-refractivity contribution < 1.29 is 23.1 Å². The van der Waals surface area contributed by atoms with E-state index in [0.29, 0.717) is 0 Å². The van der Waals surface area contributed by atoms with Gasteiger partial charge < -0.3 is 15.0 Å². The number of aliphatic carboxylic acids is 1. The second kappa shape index (κ2) is 4.91. The topological polar surface area (TPSA) is 109 Å². The van der Waals surface area contributed by atoms with E-state index in [1.54, 1.807) is 7.05 Å². The van der Waals surface area contributed by atoms with Crippen LogP contribution in [0.25, 0.3) is 0 Å². The fraction of sp³-hybridized carbons (Fsp3) is 0.455. The Hall–Kier alpha value is -1.87. The molecule has 1 fully saturated rings. The first-order valence-corrected chi connectivity index (χ1v) is 7.32. The lowest BCUT2D eigenvalue weighted by Gasteiger charge is -2.34. The molecule has 110 valence electrons. The molecule has 0 aromatic carbocycles. The molecule has 9 heteroatoms. The Morgan fingerprint density at radius 3 is 2.50 bits per heavy atom. The summed E-state index contributed by atoms with van der Waals surface area (Å²) in [7, 11) is -0.719. The van der Waals surface area contributed by atoms with Crippen LogP contribution in [0.4, 0.5) is 0 Å². The van der Waals surface area contributed by atoms with E-state index in [4.69, 9.17) is 5.11 Å². The lowest BCUT2D eigenvalue weighted by Crippen LogP contribution is -2.52. The molecule has 2 rings (SSSR count). The average Bonchev–Trinajstić information content (AvgIpc) is 2.68. The molecule has 0 unspecified atom stereocenters. The number of nitrogens with zero attached hydrogens (tertiary/aromatic N) is 2. The maximum Gasteiger partial charge on any atom is 0.309 e. The number of amides is 1. The van der Waals surface area contributed by atoms with Gasteiger partial charge in [-0.05, 0) is 6.07 Å². The first kappa shape index (κ1) is 14.5. The van der Waals surface area contributed by atoms with Crippen LogP contribution < -0.4 is 5.32 Å². The summed E-state index contributed by atoms with van der Waals surface area (Å²) < 4.78 is 27.0. The molecule has 20 heavy (non-hydrogen) atoms. The third-order valence-corrected chi connectivity index (χ3v) is 5.07. The molecule has 0 bridgehead atoms. The van der Waals surface area contributed by atoms with Gasteiger partial charge in [-0.25, -0.2) is 8.42 Å². The van der Waals surface area contributed by atoms with E-state index < -0.39 is 21.9 Å². The van der Waals surface area contributed by atoms with Crippen molar-refractivity contribution in [2.24, 2.45) is 13.0 Å². The van der Waals surface area contributed by atoms with E-state index in [0.717, 1.165) is 4.31 Å². The van der Waals surface area contributed by atoms with Gasteiger partial charge >= 0.3 is 5.97 Å². The summed E-state index contributed by atoms with van der Waals surface area (Å²) in [4.78, 5) is 22.2. The zero-order chi connectivity index (χ0) is 15.1. The highest BCUT2D eigenvalue weighted by molar-refractivity contribution is 7.89. The van der Waals surface area contributed by atoms with E-state index in [1.165, 1.54) is 23.9 Å². The minimum Gasteiger partial charge on any atom is -0.481 e. The fourth-order valence-corrected chi connectivity index (χ4v) is 3.57. The summed E-state index contributed by atoms with van der Waals surface area (Å²) in [6.45, 7) is -0.0796. The summed E-state index contributed by atoms with van der Waals surface area (Å²) >= 11 is 0. The Balaban J connectivity index is 2.24. The third kappa shape index (κ3) is 2.29. The number of hydrogen-bond acceptors (Lipinski definition) is 4. The molecule has 0 radical (unpaired) electrons. The van der Waals surface area contributed by atoms with Gasteiger partial charge in [-0.1, -0.05) is 0 Å². The van der Waals surface area contributed by atoms with E-state index in [9.17, 15) is 18.0 Å². The van der Waals surface area contributed by atoms with Crippen LogP contribution in [0, 0.1) is 5.92 Å². The first-order valence-electron chi connectivity index (χ1n) is 5.88. The van der Waals surface area contributed by atoms with Crippen LogP contribution in [-0.2, 0) is 21.9 Å². The standard InChI is InChI=1S/C11H15N3O5S/c1-12-10(15)9-3-8(6-13(9)2)20(18,19)14-4-7(5-14)11(16)17/h3,6-7H,4-5H2,1-2H3,(H,12,15)(H,16,17). The van der Waals surface area contributed by atoms with E-state index in [1.807, 2.05) is 0 Å². The zero-order valence-electron chi connectivity index (χ0n) is 11.0. The van der Waals surface area contributed by atoms with E-state index >= 15 is 0 Å². The third-order valence-electron chi connectivity index (χ3n) is 3.27. The molecule has 1 saturated heterocycles. The Morgan fingerprint density at radius 2 is 2.00 bits per heavy atom. The van der Waals surface area contributed by atoms with Crippen molar-refractivity contribution in [3.63, 3.8) is 0 Å². The van der Waals surface area contributed by atoms with Crippen LogP contribution in [0.3, 0.4) is 0 Å². The molecule has 1 aromatic heterocycles. The van der Waals surface area contributed by atoms with Gasteiger partial charge in [0, 0.05) is 33.4 Å². The minimum atomic E-state index is -3.74. The molecule has 0 saturated carbocycles. The number of carboxylic acid groups (broad SMARTS) is 1. The summed E-state index contributed by atoms with van der Waals surface area (Å²) in [5, 5.41) is 11.2. The zero-order valence-corrected chi connectivity index (χ0v) is 11.8. The number of rotatable bonds is 4. The number of carbonyl (C=O) groups is 2. The highest BCUT2D eigenvalue weighted by Crippen LogP contribution is 2.26. The second-order valence-corrected chi connectivity index (χ2v) is 6.55. The molecule has 0 spiro atoms. The van der Waals surface area contributed by atoms with E-state index in [2.05, 4.69) is 5.32 Å². The van der Waals surface area contributed by atoms with Crippen molar-refractivity contribution in [2.75, 3.05) is 20.1 Å². The van der Waals surface area contributed by atoms with Gasteiger partial charge in [0.25, 0.3) is 5.91 Å². The molecule has 1 aromatic rings. The number of carbonyl (C=O) groups excluding carboxylic acids is 1. The lowest BCUT2D eigenvalue weighted by molar-refractivity contribution is -0.145. The lowest BCUT2D eigenvalue weighted by atomic mass is 10.0. The van der Waals surface area contributed by atoms with Crippen LogP contribution in [0.2, 0.25) is 0 Å². The number of sulfonamides is 1.